The zero-order valence-electron chi connectivity index (χ0n) is 12.4. The van der Waals surface area contributed by atoms with Gasteiger partial charge in [-0.1, -0.05) is 37.6 Å². The quantitative estimate of drug-likeness (QED) is 0.872. The number of hydrogen-bond acceptors (Lipinski definition) is 2. The SMILES string of the molecule is CC(C)c1ccc(NC(=O)COc2ccc(F)cc2Cl)cc1. The van der Waals surface area contributed by atoms with Crippen LogP contribution in [0.2, 0.25) is 5.02 Å². The first-order valence-electron chi connectivity index (χ1n) is 6.93. The minimum absolute atomic E-state index is 0.133. The molecule has 0 saturated carbocycles. The third-order valence-electron chi connectivity index (χ3n) is 3.11. The number of halogens is 2. The summed E-state index contributed by atoms with van der Waals surface area (Å²) in [5, 5.41) is 2.86. The summed E-state index contributed by atoms with van der Waals surface area (Å²) in [7, 11) is 0. The van der Waals surface area contributed by atoms with Gasteiger partial charge in [0.25, 0.3) is 5.91 Å². The lowest BCUT2D eigenvalue weighted by atomic mass is 10.0. The van der Waals surface area contributed by atoms with Crippen molar-refractivity contribution >= 4 is 23.2 Å². The van der Waals surface area contributed by atoms with E-state index in [0.29, 0.717) is 11.6 Å². The summed E-state index contributed by atoms with van der Waals surface area (Å²) in [5.74, 6) is -0.0493. The Morgan fingerprint density at radius 3 is 2.50 bits per heavy atom. The number of amides is 1. The molecule has 0 saturated heterocycles. The zero-order chi connectivity index (χ0) is 16.1. The Morgan fingerprint density at radius 2 is 1.91 bits per heavy atom. The summed E-state index contributed by atoms with van der Waals surface area (Å²) in [4.78, 5) is 11.8. The number of nitrogens with one attached hydrogen (secondary N) is 1. The van der Waals surface area contributed by atoms with Crippen LogP contribution in [0.3, 0.4) is 0 Å². The molecule has 2 rings (SSSR count). The van der Waals surface area contributed by atoms with Gasteiger partial charge in [-0.05, 0) is 41.8 Å². The molecule has 116 valence electrons. The van der Waals surface area contributed by atoms with Gasteiger partial charge in [-0.15, -0.1) is 0 Å². The Labute approximate surface area is 134 Å². The van der Waals surface area contributed by atoms with Crippen molar-refractivity contribution in [2.45, 2.75) is 19.8 Å². The van der Waals surface area contributed by atoms with Gasteiger partial charge in [0.2, 0.25) is 0 Å². The van der Waals surface area contributed by atoms with Crippen LogP contribution in [0, 0.1) is 5.82 Å². The third kappa shape index (κ3) is 4.46. The Morgan fingerprint density at radius 1 is 1.23 bits per heavy atom. The highest BCUT2D eigenvalue weighted by Gasteiger charge is 2.07. The Balaban J connectivity index is 1.90. The van der Waals surface area contributed by atoms with Gasteiger partial charge in [0, 0.05) is 5.69 Å². The van der Waals surface area contributed by atoms with E-state index in [2.05, 4.69) is 19.2 Å². The zero-order valence-corrected chi connectivity index (χ0v) is 13.2. The lowest BCUT2D eigenvalue weighted by Gasteiger charge is -2.10. The molecule has 0 aromatic heterocycles. The Bertz CT molecular complexity index is 656. The van der Waals surface area contributed by atoms with Crippen molar-refractivity contribution in [1.82, 2.24) is 0 Å². The normalized spacial score (nSPS) is 10.6. The number of hydrogen-bond donors (Lipinski definition) is 1. The molecule has 2 aromatic carbocycles. The molecule has 0 aliphatic heterocycles. The molecule has 0 fully saturated rings. The van der Waals surface area contributed by atoms with Crippen molar-refractivity contribution in [2.24, 2.45) is 0 Å². The summed E-state index contributed by atoms with van der Waals surface area (Å²) >= 11 is 5.82. The van der Waals surface area contributed by atoms with Gasteiger partial charge in [0.15, 0.2) is 6.61 Å². The van der Waals surface area contributed by atoms with Crippen molar-refractivity contribution in [1.29, 1.82) is 0 Å². The van der Waals surface area contributed by atoms with E-state index in [0.717, 1.165) is 6.07 Å². The number of carbonyl (C=O) groups excluding carboxylic acids is 1. The second kappa shape index (κ2) is 7.27. The molecule has 1 N–H and O–H groups in total. The highest BCUT2D eigenvalue weighted by Crippen LogP contribution is 2.24. The predicted molar refractivity (Wildman–Crippen MR) is 86.1 cm³/mol. The van der Waals surface area contributed by atoms with E-state index in [4.69, 9.17) is 16.3 Å². The van der Waals surface area contributed by atoms with Crippen molar-refractivity contribution in [3.8, 4) is 5.75 Å². The fourth-order valence-electron chi connectivity index (χ4n) is 1.88. The Kier molecular flexibility index (Phi) is 5.39. The van der Waals surface area contributed by atoms with Crippen LogP contribution >= 0.6 is 11.6 Å². The van der Waals surface area contributed by atoms with E-state index in [1.54, 1.807) is 0 Å². The van der Waals surface area contributed by atoms with Crippen LogP contribution in [0.4, 0.5) is 10.1 Å². The highest BCUT2D eigenvalue weighted by molar-refractivity contribution is 6.32. The summed E-state index contributed by atoms with van der Waals surface area (Å²) in [5.41, 5.74) is 1.90. The van der Waals surface area contributed by atoms with Crippen molar-refractivity contribution in [3.63, 3.8) is 0 Å². The van der Waals surface area contributed by atoms with E-state index >= 15 is 0 Å². The summed E-state index contributed by atoms with van der Waals surface area (Å²) in [6, 6.07) is 11.4. The average Bonchev–Trinajstić information content (AvgIpc) is 2.47. The molecule has 1 amide bonds. The largest absolute Gasteiger partial charge is 0.482 e. The van der Waals surface area contributed by atoms with Gasteiger partial charge in [-0.3, -0.25) is 4.79 Å². The van der Waals surface area contributed by atoms with Crippen LogP contribution in [-0.2, 0) is 4.79 Å². The summed E-state index contributed by atoms with van der Waals surface area (Å²) in [6.45, 7) is 4.01. The topological polar surface area (TPSA) is 38.3 Å². The molecule has 0 bridgehead atoms. The average molecular weight is 322 g/mol. The highest BCUT2D eigenvalue weighted by atomic mass is 35.5. The number of rotatable bonds is 5. The van der Waals surface area contributed by atoms with Crippen molar-refractivity contribution in [3.05, 3.63) is 58.9 Å². The predicted octanol–water partition coefficient (Wildman–Crippen LogP) is 4.62. The van der Waals surface area contributed by atoms with Crippen LogP contribution < -0.4 is 10.1 Å². The molecule has 0 atom stereocenters. The fourth-order valence-corrected chi connectivity index (χ4v) is 2.11. The maximum Gasteiger partial charge on any atom is 0.262 e. The first-order valence-corrected chi connectivity index (χ1v) is 7.31. The van der Waals surface area contributed by atoms with Gasteiger partial charge in [0.1, 0.15) is 11.6 Å². The van der Waals surface area contributed by atoms with Gasteiger partial charge in [-0.2, -0.15) is 0 Å². The van der Waals surface area contributed by atoms with Gasteiger partial charge in [-0.25, -0.2) is 4.39 Å². The molecule has 0 spiro atoms. The Hall–Kier alpha value is -2.07. The molecule has 0 radical (unpaired) electrons. The van der Waals surface area contributed by atoms with E-state index in [1.165, 1.54) is 17.7 Å². The molecule has 3 nitrogen and oxygen atoms in total. The van der Waals surface area contributed by atoms with Crippen LogP contribution in [0.25, 0.3) is 0 Å². The molecule has 0 heterocycles. The van der Waals surface area contributed by atoms with E-state index in [1.807, 2.05) is 24.3 Å². The van der Waals surface area contributed by atoms with Crippen molar-refractivity contribution in [2.75, 3.05) is 11.9 Å². The third-order valence-corrected chi connectivity index (χ3v) is 3.41. The smallest absolute Gasteiger partial charge is 0.262 e. The minimum atomic E-state index is -0.452. The molecule has 5 heteroatoms. The molecule has 0 aliphatic carbocycles. The number of anilines is 1. The van der Waals surface area contributed by atoms with Gasteiger partial charge < -0.3 is 10.1 Å². The fraction of sp³-hybridized carbons (Fsp3) is 0.235. The second-order valence-corrected chi connectivity index (χ2v) is 5.60. The first-order chi connectivity index (χ1) is 10.5. The standard InChI is InChI=1S/C17H17ClFNO2/c1-11(2)12-3-6-14(7-4-12)20-17(21)10-22-16-8-5-13(19)9-15(16)18/h3-9,11H,10H2,1-2H3,(H,20,21). The summed E-state index contributed by atoms with van der Waals surface area (Å²) < 4.78 is 18.2. The maximum absolute atomic E-state index is 12.9. The molecule has 22 heavy (non-hydrogen) atoms. The second-order valence-electron chi connectivity index (χ2n) is 5.19. The van der Waals surface area contributed by atoms with E-state index in [-0.39, 0.29) is 23.3 Å². The van der Waals surface area contributed by atoms with Crippen LogP contribution in [0.1, 0.15) is 25.3 Å². The molecule has 2 aromatic rings. The van der Waals surface area contributed by atoms with E-state index < -0.39 is 5.82 Å². The number of ether oxygens (including phenoxy) is 1. The maximum atomic E-state index is 12.9. The summed E-state index contributed by atoms with van der Waals surface area (Å²) in [6.07, 6.45) is 0. The monoisotopic (exact) mass is 321 g/mol. The molecular weight excluding hydrogens is 305 g/mol. The van der Waals surface area contributed by atoms with Gasteiger partial charge in [0.05, 0.1) is 5.02 Å². The molecule has 0 aliphatic rings. The minimum Gasteiger partial charge on any atom is -0.482 e. The van der Waals surface area contributed by atoms with E-state index in [9.17, 15) is 9.18 Å². The van der Waals surface area contributed by atoms with Crippen LogP contribution in [-0.4, -0.2) is 12.5 Å². The molecule has 0 unspecified atom stereocenters. The van der Waals surface area contributed by atoms with Gasteiger partial charge >= 0.3 is 0 Å². The molecular formula is C17H17ClFNO2. The lowest BCUT2D eigenvalue weighted by Crippen LogP contribution is -2.20. The first kappa shape index (κ1) is 16.3. The lowest BCUT2D eigenvalue weighted by molar-refractivity contribution is -0.118. The number of carbonyl (C=O) groups is 1. The van der Waals surface area contributed by atoms with Crippen LogP contribution in [0.15, 0.2) is 42.5 Å². The number of benzene rings is 2. The van der Waals surface area contributed by atoms with Crippen molar-refractivity contribution < 1.29 is 13.9 Å². The van der Waals surface area contributed by atoms with Crippen LogP contribution in [0.5, 0.6) is 5.75 Å².